The molecule has 0 saturated carbocycles. The molecular formula is C21H32N2O5S. The van der Waals surface area contributed by atoms with Crippen molar-refractivity contribution >= 4 is 34.2 Å². The van der Waals surface area contributed by atoms with Crippen LogP contribution < -0.4 is 15.7 Å². The Morgan fingerprint density at radius 1 is 1.17 bits per heavy atom. The van der Waals surface area contributed by atoms with Gasteiger partial charge in [-0.1, -0.05) is 19.8 Å². The number of aliphatic carboxylic acids is 1. The Labute approximate surface area is 176 Å². The molecule has 0 fully saturated rings. The third-order valence-corrected chi connectivity index (χ3v) is 6.33. The number of ether oxygens (including phenoxy) is 1. The summed E-state index contributed by atoms with van der Waals surface area (Å²) in [5.74, 6) is -2.10. The zero-order valence-corrected chi connectivity index (χ0v) is 18.2. The van der Waals surface area contributed by atoms with E-state index in [4.69, 9.17) is 4.74 Å². The third-order valence-electron chi connectivity index (χ3n) is 5.12. The molecule has 1 aromatic heterocycles. The van der Waals surface area contributed by atoms with Crippen LogP contribution in [0.25, 0.3) is 0 Å². The molecule has 0 bridgehead atoms. The molecule has 1 amide bonds. The van der Waals surface area contributed by atoms with Gasteiger partial charge >= 0.3 is 5.97 Å². The topological polar surface area (TPSA) is 112 Å². The Morgan fingerprint density at radius 2 is 1.93 bits per heavy atom. The number of unbranched alkanes of at least 4 members (excludes halogenated alkanes) is 3. The molecule has 0 radical (unpaired) electrons. The number of anilines is 1. The van der Waals surface area contributed by atoms with Crippen molar-refractivity contribution in [3.8, 4) is 0 Å². The van der Waals surface area contributed by atoms with Gasteiger partial charge in [0.1, 0.15) is 11.0 Å². The molecule has 3 N–H and O–H groups in total. The number of quaternary nitrogens is 1. The van der Waals surface area contributed by atoms with E-state index in [1.54, 1.807) is 12.2 Å². The van der Waals surface area contributed by atoms with Crippen molar-refractivity contribution in [3.05, 3.63) is 16.0 Å². The van der Waals surface area contributed by atoms with Crippen LogP contribution in [0.2, 0.25) is 0 Å². The highest BCUT2D eigenvalue weighted by Crippen LogP contribution is 2.38. The lowest BCUT2D eigenvalue weighted by Gasteiger charge is -2.16. The highest BCUT2D eigenvalue weighted by Gasteiger charge is 2.28. The maximum Gasteiger partial charge on any atom is 0.341 e. The first-order valence-corrected chi connectivity index (χ1v) is 11.4. The van der Waals surface area contributed by atoms with Gasteiger partial charge in [-0.05, 0) is 51.0 Å². The van der Waals surface area contributed by atoms with E-state index in [-0.39, 0.29) is 13.0 Å². The van der Waals surface area contributed by atoms with Crippen molar-refractivity contribution in [1.82, 2.24) is 0 Å². The molecule has 29 heavy (non-hydrogen) atoms. The van der Waals surface area contributed by atoms with Crippen LogP contribution in [0, 0.1) is 0 Å². The summed E-state index contributed by atoms with van der Waals surface area (Å²) in [6, 6.07) is -0.933. The SMILES string of the molecule is CCCCCC[NH2+][C@H](CC(=O)Nc1sc2c(c1C(=O)OCC)CCCC2)C(=O)[O-]. The fourth-order valence-electron chi connectivity index (χ4n) is 3.60. The van der Waals surface area contributed by atoms with Crippen molar-refractivity contribution in [2.75, 3.05) is 18.5 Å². The fourth-order valence-corrected chi connectivity index (χ4v) is 4.90. The van der Waals surface area contributed by atoms with Gasteiger partial charge in [0, 0.05) is 4.88 Å². The summed E-state index contributed by atoms with van der Waals surface area (Å²) in [5.41, 5.74) is 1.40. The largest absolute Gasteiger partial charge is 0.544 e. The van der Waals surface area contributed by atoms with Gasteiger partial charge in [0.05, 0.1) is 31.1 Å². The van der Waals surface area contributed by atoms with Crippen LogP contribution in [0.3, 0.4) is 0 Å². The number of nitrogens with two attached hydrogens (primary N) is 1. The van der Waals surface area contributed by atoms with Gasteiger partial charge in [-0.15, -0.1) is 11.3 Å². The average Bonchev–Trinajstić information content (AvgIpc) is 3.04. The molecule has 7 nitrogen and oxygen atoms in total. The standard InChI is InChI=1S/C21H32N2O5S/c1-3-5-6-9-12-22-15(20(25)26)13-17(24)23-19-18(21(27)28-4-2)14-10-7-8-11-16(14)29-19/h15,22H,3-13H2,1-2H3,(H,23,24)(H,25,26)/t15-/m1/s1. The molecule has 1 heterocycles. The van der Waals surface area contributed by atoms with Crippen LogP contribution in [0.5, 0.6) is 0 Å². The number of hydrogen-bond donors (Lipinski definition) is 2. The number of carboxylic acids is 1. The highest BCUT2D eigenvalue weighted by atomic mass is 32.1. The Hall–Kier alpha value is -1.93. The van der Waals surface area contributed by atoms with Crippen LogP contribution in [-0.4, -0.2) is 37.0 Å². The lowest BCUT2D eigenvalue weighted by molar-refractivity contribution is -0.682. The fraction of sp³-hybridized carbons (Fsp3) is 0.667. The van der Waals surface area contributed by atoms with Crippen molar-refractivity contribution < 1.29 is 29.5 Å². The molecule has 0 aromatic carbocycles. The van der Waals surface area contributed by atoms with Gasteiger partial charge in [-0.2, -0.15) is 0 Å². The summed E-state index contributed by atoms with van der Waals surface area (Å²) < 4.78 is 5.19. The van der Waals surface area contributed by atoms with Crippen molar-refractivity contribution in [1.29, 1.82) is 0 Å². The molecule has 0 spiro atoms. The third kappa shape index (κ3) is 6.82. The molecule has 1 aromatic rings. The van der Waals surface area contributed by atoms with Gasteiger partial charge in [-0.25, -0.2) is 4.79 Å². The molecule has 0 unspecified atom stereocenters. The van der Waals surface area contributed by atoms with E-state index in [0.29, 0.717) is 17.1 Å². The van der Waals surface area contributed by atoms with Crippen molar-refractivity contribution in [3.63, 3.8) is 0 Å². The summed E-state index contributed by atoms with van der Waals surface area (Å²) in [4.78, 5) is 37.5. The predicted octanol–water partition coefficient (Wildman–Crippen LogP) is 1.39. The second-order valence-electron chi connectivity index (χ2n) is 7.40. The number of carbonyl (C=O) groups is 3. The number of hydrogen-bond acceptors (Lipinski definition) is 6. The molecule has 8 heteroatoms. The van der Waals surface area contributed by atoms with E-state index in [0.717, 1.165) is 61.8 Å². The normalized spacial score (nSPS) is 14.1. The smallest absolute Gasteiger partial charge is 0.341 e. The lowest BCUT2D eigenvalue weighted by atomic mass is 9.95. The first kappa shape index (κ1) is 23.3. The first-order chi connectivity index (χ1) is 14.0. The van der Waals surface area contributed by atoms with Crippen molar-refractivity contribution in [2.24, 2.45) is 0 Å². The maximum atomic E-state index is 12.5. The van der Waals surface area contributed by atoms with Crippen LogP contribution >= 0.6 is 11.3 Å². The van der Waals surface area contributed by atoms with Gasteiger partial charge in [0.2, 0.25) is 5.91 Å². The van der Waals surface area contributed by atoms with E-state index in [9.17, 15) is 19.5 Å². The molecule has 1 aliphatic rings. The number of carboxylic acid groups (broad SMARTS) is 1. The zero-order chi connectivity index (χ0) is 21.2. The van der Waals surface area contributed by atoms with Crippen LogP contribution in [0.4, 0.5) is 5.00 Å². The predicted molar refractivity (Wildman–Crippen MR) is 110 cm³/mol. The summed E-state index contributed by atoms with van der Waals surface area (Å²) in [6.45, 7) is 4.77. The molecule has 1 aliphatic carbocycles. The van der Waals surface area contributed by atoms with E-state index < -0.39 is 23.9 Å². The van der Waals surface area contributed by atoms with Gasteiger partial charge < -0.3 is 25.3 Å². The Morgan fingerprint density at radius 3 is 2.62 bits per heavy atom. The number of rotatable bonds is 12. The summed E-state index contributed by atoms with van der Waals surface area (Å²) in [5, 5.41) is 16.3. The monoisotopic (exact) mass is 424 g/mol. The average molecular weight is 425 g/mol. The first-order valence-electron chi connectivity index (χ1n) is 10.6. The summed E-state index contributed by atoms with van der Waals surface area (Å²) >= 11 is 1.40. The molecule has 0 saturated heterocycles. The van der Waals surface area contributed by atoms with Crippen molar-refractivity contribution in [2.45, 2.75) is 77.7 Å². The van der Waals surface area contributed by atoms with E-state index in [2.05, 4.69) is 12.2 Å². The van der Waals surface area contributed by atoms with Crippen LogP contribution in [-0.2, 0) is 27.2 Å². The van der Waals surface area contributed by atoms with Gasteiger partial charge in [0.25, 0.3) is 0 Å². The number of thiophene rings is 1. The van der Waals surface area contributed by atoms with Gasteiger partial charge in [0.15, 0.2) is 0 Å². The number of aryl methyl sites for hydroxylation is 1. The Bertz CT molecular complexity index is 716. The van der Waals surface area contributed by atoms with Gasteiger partial charge in [-0.3, -0.25) is 4.79 Å². The minimum absolute atomic E-state index is 0.194. The minimum atomic E-state index is -1.24. The molecule has 2 rings (SSSR count). The molecule has 0 aliphatic heterocycles. The lowest BCUT2D eigenvalue weighted by Crippen LogP contribution is -2.93. The van der Waals surface area contributed by atoms with E-state index >= 15 is 0 Å². The summed E-state index contributed by atoms with van der Waals surface area (Å²) in [6.07, 6.45) is 7.72. The summed E-state index contributed by atoms with van der Waals surface area (Å²) in [7, 11) is 0. The second kappa shape index (κ2) is 11.9. The minimum Gasteiger partial charge on any atom is -0.544 e. The molecular weight excluding hydrogens is 392 g/mol. The van der Waals surface area contributed by atoms with E-state index in [1.165, 1.54) is 11.3 Å². The quantitative estimate of drug-likeness (QED) is 0.389. The number of amides is 1. The number of nitrogens with one attached hydrogen (secondary N) is 1. The molecule has 162 valence electrons. The zero-order valence-electron chi connectivity index (χ0n) is 17.4. The highest BCUT2D eigenvalue weighted by molar-refractivity contribution is 7.17. The molecule has 1 atom stereocenters. The second-order valence-corrected chi connectivity index (χ2v) is 8.50. The maximum absolute atomic E-state index is 12.5. The Kier molecular flexibility index (Phi) is 9.60. The van der Waals surface area contributed by atoms with Crippen LogP contribution in [0.1, 0.15) is 79.6 Å². The Balaban J connectivity index is 2.03. The van der Waals surface area contributed by atoms with E-state index in [1.807, 2.05) is 0 Å². The number of fused-ring (bicyclic) bond motifs is 1. The number of carbonyl (C=O) groups excluding carboxylic acids is 3. The number of esters is 1. The van der Waals surface area contributed by atoms with Crippen LogP contribution in [0.15, 0.2) is 0 Å².